The number of halogens is 2. The summed E-state index contributed by atoms with van der Waals surface area (Å²) in [6, 6.07) is 7.59. The molecule has 20 heavy (non-hydrogen) atoms. The van der Waals surface area contributed by atoms with Crippen molar-refractivity contribution in [3.05, 3.63) is 24.3 Å². The lowest BCUT2D eigenvalue weighted by molar-refractivity contribution is 0.410. The van der Waals surface area contributed by atoms with Crippen molar-refractivity contribution < 1.29 is 4.74 Å². The number of rotatable bonds is 5. The Bertz CT molecular complexity index is 619. The molecule has 106 valence electrons. The van der Waals surface area contributed by atoms with Crippen molar-refractivity contribution in [1.29, 1.82) is 0 Å². The van der Waals surface area contributed by atoms with Crippen LogP contribution in [0, 0.1) is 5.92 Å². The molecule has 5 nitrogen and oxygen atoms in total. The lowest BCUT2D eigenvalue weighted by Crippen LogP contribution is -2.03. The van der Waals surface area contributed by atoms with Gasteiger partial charge in [0, 0.05) is 11.7 Å². The van der Waals surface area contributed by atoms with E-state index >= 15 is 0 Å². The number of methoxy groups -OCH3 is 1. The van der Waals surface area contributed by atoms with Crippen LogP contribution >= 0.6 is 35.0 Å². The molecule has 2 aromatic rings. The summed E-state index contributed by atoms with van der Waals surface area (Å²) >= 11 is 13.6. The first-order chi connectivity index (χ1) is 9.62. The van der Waals surface area contributed by atoms with Gasteiger partial charge in [0.15, 0.2) is 0 Å². The number of ether oxygens (including phenoxy) is 1. The van der Waals surface area contributed by atoms with Crippen molar-refractivity contribution >= 4 is 35.0 Å². The Labute approximate surface area is 130 Å². The van der Waals surface area contributed by atoms with E-state index in [9.17, 15) is 0 Å². The van der Waals surface area contributed by atoms with E-state index in [1.165, 1.54) is 0 Å². The van der Waals surface area contributed by atoms with Crippen molar-refractivity contribution in [2.45, 2.75) is 15.9 Å². The minimum Gasteiger partial charge on any atom is -0.494 e. The first-order valence-corrected chi connectivity index (χ1v) is 7.78. The fraction of sp³-hybridized carbons (Fsp3) is 0.417. The second-order valence-electron chi connectivity index (χ2n) is 4.52. The van der Waals surface area contributed by atoms with Crippen LogP contribution in [0.4, 0.5) is 0 Å². The van der Waals surface area contributed by atoms with Gasteiger partial charge in [-0.25, -0.2) is 0 Å². The zero-order valence-electron chi connectivity index (χ0n) is 10.7. The van der Waals surface area contributed by atoms with E-state index in [-0.39, 0.29) is 0 Å². The highest BCUT2D eigenvalue weighted by atomic mass is 35.5. The topological polar surface area (TPSA) is 52.8 Å². The molecule has 0 saturated heterocycles. The molecule has 0 unspecified atom stereocenters. The fourth-order valence-electron chi connectivity index (χ4n) is 1.85. The lowest BCUT2D eigenvalue weighted by atomic mass is 10.3. The fourth-order valence-corrected chi connectivity index (χ4v) is 3.66. The molecule has 1 aliphatic carbocycles. The molecule has 0 aliphatic heterocycles. The van der Waals surface area contributed by atoms with Gasteiger partial charge in [0.1, 0.15) is 15.8 Å². The molecular weight excluding hydrogens is 319 g/mol. The van der Waals surface area contributed by atoms with E-state index in [2.05, 4.69) is 15.5 Å². The third-order valence-corrected chi connectivity index (χ3v) is 5.13. The molecule has 3 rings (SSSR count). The summed E-state index contributed by atoms with van der Waals surface area (Å²) in [6.45, 7) is 0. The summed E-state index contributed by atoms with van der Waals surface area (Å²) in [6.07, 6.45) is 0.819. The summed E-state index contributed by atoms with van der Waals surface area (Å²) in [5.74, 6) is 1.80. The molecule has 1 aromatic heterocycles. The highest BCUT2D eigenvalue weighted by molar-refractivity contribution is 7.99. The number of thioether (sulfide) groups is 1. The highest BCUT2D eigenvalue weighted by Gasteiger charge is 2.51. The molecule has 0 amide bonds. The molecule has 1 atom stereocenters. The maximum Gasteiger partial charge on any atom is 0.214 e. The van der Waals surface area contributed by atoms with E-state index in [0.29, 0.717) is 11.1 Å². The maximum absolute atomic E-state index is 6.03. The van der Waals surface area contributed by atoms with Crippen LogP contribution in [0.25, 0.3) is 5.69 Å². The monoisotopic (exact) mass is 330 g/mol. The van der Waals surface area contributed by atoms with Gasteiger partial charge in [-0.2, -0.15) is 4.68 Å². The molecular formula is C12H12Cl2N4OS. The van der Waals surface area contributed by atoms with Gasteiger partial charge in [0.25, 0.3) is 0 Å². The average Bonchev–Trinajstić information content (AvgIpc) is 2.87. The van der Waals surface area contributed by atoms with Crippen molar-refractivity contribution in [2.75, 3.05) is 12.9 Å². The van der Waals surface area contributed by atoms with Crippen LogP contribution < -0.4 is 4.74 Å². The zero-order chi connectivity index (χ0) is 14.2. The van der Waals surface area contributed by atoms with E-state index < -0.39 is 4.33 Å². The van der Waals surface area contributed by atoms with Crippen LogP contribution in [0.15, 0.2) is 29.4 Å². The molecule has 0 bridgehead atoms. The number of tetrazole rings is 1. The summed E-state index contributed by atoms with van der Waals surface area (Å²) in [7, 11) is 1.62. The van der Waals surface area contributed by atoms with Crippen molar-refractivity contribution in [3.8, 4) is 11.4 Å². The second kappa shape index (κ2) is 5.42. The number of aromatic nitrogens is 4. The number of hydrogen-bond donors (Lipinski definition) is 0. The van der Waals surface area contributed by atoms with Crippen molar-refractivity contribution in [3.63, 3.8) is 0 Å². The smallest absolute Gasteiger partial charge is 0.214 e. The van der Waals surface area contributed by atoms with Gasteiger partial charge >= 0.3 is 0 Å². The Morgan fingerprint density at radius 2 is 2.20 bits per heavy atom. The van der Waals surface area contributed by atoms with Gasteiger partial charge in [0.2, 0.25) is 5.16 Å². The molecule has 1 saturated carbocycles. The van der Waals surface area contributed by atoms with E-state index in [4.69, 9.17) is 27.9 Å². The van der Waals surface area contributed by atoms with Gasteiger partial charge in [0.05, 0.1) is 7.11 Å². The third-order valence-electron chi connectivity index (χ3n) is 3.12. The molecule has 0 spiro atoms. The zero-order valence-corrected chi connectivity index (χ0v) is 13.0. The predicted octanol–water partition coefficient (Wildman–Crippen LogP) is 2.96. The normalized spacial score (nSPS) is 19.9. The average molecular weight is 331 g/mol. The molecule has 1 aliphatic rings. The van der Waals surface area contributed by atoms with Crippen LogP contribution in [0.2, 0.25) is 0 Å². The summed E-state index contributed by atoms with van der Waals surface area (Å²) in [5, 5.41) is 12.5. The number of nitrogens with zero attached hydrogens (tertiary/aromatic N) is 4. The standard InChI is InChI=1S/C12H12Cl2N4OS/c1-19-10-5-3-2-4-9(10)18-11(15-16-17-18)20-7-8-6-12(8,13)14/h2-5,8H,6-7H2,1H3/t8-/m1/s1. The van der Waals surface area contributed by atoms with Crippen LogP contribution in [0.3, 0.4) is 0 Å². The van der Waals surface area contributed by atoms with Crippen LogP contribution in [0.5, 0.6) is 5.75 Å². The first-order valence-electron chi connectivity index (χ1n) is 6.04. The van der Waals surface area contributed by atoms with E-state index in [1.54, 1.807) is 23.6 Å². The Morgan fingerprint density at radius 3 is 2.90 bits per heavy atom. The van der Waals surface area contributed by atoms with Gasteiger partial charge < -0.3 is 4.74 Å². The summed E-state index contributed by atoms with van der Waals surface area (Å²) < 4.78 is 6.42. The number of benzene rings is 1. The largest absolute Gasteiger partial charge is 0.494 e. The predicted molar refractivity (Wildman–Crippen MR) is 79.0 cm³/mol. The van der Waals surface area contributed by atoms with Gasteiger partial charge in [-0.3, -0.25) is 0 Å². The molecule has 1 fully saturated rings. The SMILES string of the molecule is COc1ccccc1-n1nnnc1SC[C@H]1CC1(Cl)Cl. The first kappa shape index (κ1) is 14.0. The number of para-hydroxylation sites is 2. The Kier molecular flexibility index (Phi) is 3.79. The number of hydrogen-bond acceptors (Lipinski definition) is 5. The minimum atomic E-state index is -0.574. The quantitative estimate of drug-likeness (QED) is 0.623. The van der Waals surface area contributed by atoms with Gasteiger partial charge in [-0.05, 0) is 29.0 Å². The van der Waals surface area contributed by atoms with Crippen LogP contribution in [-0.4, -0.2) is 37.4 Å². The van der Waals surface area contributed by atoms with Crippen LogP contribution in [-0.2, 0) is 0 Å². The maximum atomic E-state index is 6.03. The second-order valence-corrected chi connectivity index (χ2v) is 7.05. The Hall–Kier alpha value is -0.980. The number of alkyl halides is 2. The lowest BCUT2D eigenvalue weighted by Gasteiger charge is -2.08. The molecule has 1 aromatic carbocycles. The summed E-state index contributed by atoms with van der Waals surface area (Å²) in [5.41, 5.74) is 0.807. The Morgan fingerprint density at radius 1 is 1.45 bits per heavy atom. The highest BCUT2D eigenvalue weighted by Crippen LogP contribution is 2.54. The van der Waals surface area contributed by atoms with E-state index in [1.807, 2.05) is 24.3 Å². The third kappa shape index (κ3) is 2.73. The molecule has 1 heterocycles. The van der Waals surface area contributed by atoms with Crippen LogP contribution in [0.1, 0.15) is 6.42 Å². The van der Waals surface area contributed by atoms with Gasteiger partial charge in [-0.15, -0.1) is 28.3 Å². The Balaban J connectivity index is 1.79. The molecule has 8 heteroatoms. The molecule has 0 N–H and O–H groups in total. The van der Waals surface area contributed by atoms with E-state index in [0.717, 1.165) is 23.6 Å². The summed E-state index contributed by atoms with van der Waals surface area (Å²) in [4.78, 5) is 0. The minimum absolute atomic E-state index is 0.290. The van der Waals surface area contributed by atoms with Crippen molar-refractivity contribution in [2.24, 2.45) is 5.92 Å². The molecule has 0 radical (unpaired) electrons. The van der Waals surface area contributed by atoms with Crippen molar-refractivity contribution in [1.82, 2.24) is 20.2 Å². The van der Waals surface area contributed by atoms with Gasteiger partial charge in [-0.1, -0.05) is 23.9 Å².